The summed E-state index contributed by atoms with van der Waals surface area (Å²) in [6.45, 7) is 1.75. The highest BCUT2D eigenvalue weighted by atomic mass is 32.2. The molecule has 3 aromatic rings. The lowest BCUT2D eigenvalue weighted by atomic mass is 10.1. The summed E-state index contributed by atoms with van der Waals surface area (Å²) in [6, 6.07) is 15.4. The first-order valence-electron chi connectivity index (χ1n) is 9.00. The number of aryl methyl sites for hydroxylation is 1. The third-order valence-electron chi connectivity index (χ3n) is 4.46. The van der Waals surface area contributed by atoms with Crippen LogP contribution in [0.3, 0.4) is 0 Å². The van der Waals surface area contributed by atoms with E-state index in [-0.39, 0.29) is 23.0 Å². The summed E-state index contributed by atoms with van der Waals surface area (Å²) in [5.41, 5.74) is 0.997. The summed E-state index contributed by atoms with van der Waals surface area (Å²) in [5, 5.41) is 7.96. The summed E-state index contributed by atoms with van der Waals surface area (Å²) in [6.07, 6.45) is 0.521. The fourth-order valence-electron chi connectivity index (χ4n) is 2.91. The maximum atomic E-state index is 13.8. The second-order valence-corrected chi connectivity index (χ2v) is 8.21. The standard InChI is InChI=1S/C21H21FN2O4S/c1-14(15-5-4-6-17(13-15)29(23,26)27)24-21(25)12-10-16-9-11-20(28-16)18-7-2-3-8-19(18)22/h2-9,11,13-14H,10,12H2,1H3,(H,24,25)(H2,23,26,27)/t14-/m0/s1. The number of carbonyl (C=O) groups excluding carboxylic acids is 1. The van der Waals surface area contributed by atoms with Crippen LogP contribution in [0, 0.1) is 5.82 Å². The molecule has 0 aliphatic heterocycles. The van der Waals surface area contributed by atoms with E-state index in [0.717, 1.165) is 0 Å². The molecule has 0 aliphatic carbocycles. The zero-order valence-corrected chi connectivity index (χ0v) is 16.6. The molecular formula is C21H21FN2O4S. The third kappa shape index (κ3) is 5.30. The van der Waals surface area contributed by atoms with Crippen LogP contribution < -0.4 is 10.5 Å². The molecule has 6 nitrogen and oxygen atoms in total. The Hall–Kier alpha value is -2.97. The summed E-state index contributed by atoms with van der Waals surface area (Å²) in [4.78, 5) is 12.3. The number of furan rings is 1. The van der Waals surface area contributed by atoms with Crippen molar-refractivity contribution in [3.63, 3.8) is 0 Å². The number of benzene rings is 2. The number of amides is 1. The molecule has 8 heteroatoms. The molecule has 0 saturated carbocycles. The number of halogens is 1. The van der Waals surface area contributed by atoms with Gasteiger partial charge in [-0.2, -0.15) is 0 Å². The van der Waals surface area contributed by atoms with E-state index in [1.807, 2.05) is 0 Å². The number of carbonyl (C=O) groups is 1. The average Bonchev–Trinajstić information content (AvgIpc) is 3.15. The van der Waals surface area contributed by atoms with E-state index in [1.54, 1.807) is 49.4 Å². The quantitative estimate of drug-likeness (QED) is 0.615. The molecule has 3 rings (SSSR count). The zero-order valence-electron chi connectivity index (χ0n) is 15.8. The van der Waals surface area contributed by atoms with Gasteiger partial charge in [0.25, 0.3) is 0 Å². The van der Waals surface area contributed by atoms with Crippen molar-refractivity contribution in [1.29, 1.82) is 0 Å². The largest absolute Gasteiger partial charge is 0.461 e. The molecule has 2 aromatic carbocycles. The maximum Gasteiger partial charge on any atom is 0.238 e. The van der Waals surface area contributed by atoms with Crippen LogP contribution in [-0.2, 0) is 21.2 Å². The smallest absolute Gasteiger partial charge is 0.238 e. The molecule has 1 aromatic heterocycles. The van der Waals surface area contributed by atoms with Gasteiger partial charge in [0.15, 0.2) is 0 Å². The normalized spacial score (nSPS) is 12.5. The van der Waals surface area contributed by atoms with Crippen molar-refractivity contribution >= 4 is 15.9 Å². The number of sulfonamides is 1. The first-order valence-corrected chi connectivity index (χ1v) is 10.5. The van der Waals surface area contributed by atoms with Crippen LogP contribution in [0.25, 0.3) is 11.3 Å². The SMILES string of the molecule is C[C@H](NC(=O)CCc1ccc(-c2ccccc2F)o1)c1cccc(S(N)(=O)=O)c1. The van der Waals surface area contributed by atoms with E-state index in [1.165, 1.54) is 18.2 Å². The van der Waals surface area contributed by atoms with Crippen molar-refractivity contribution in [2.45, 2.75) is 30.7 Å². The first-order chi connectivity index (χ1) is 13.7. The summed E-state index contributed by atoms with van der Waals surface area (Å²) < 4.78 is 42.4. The molecule has 0 saturated heterocycles. The highest BCUT2D eigenvalue weighted by molar-refractivity contribution is 7.89. The van der Waals surface area contributed by atoms with Crippen LogP contribution in [0.5, 0.6) is 0 Å². The van der Waals surface area contributed by atoms with Gasteiger partial charge in [-0.3, -0.25) is 4.79 Å². The lowest BCUT2D eigenvalue weighted by molar-refractivity contribution is -0.121. The van der Waals surface area contributed by atoms with Gasteiger partial charge in [-0.05, 0) is 48.9 Å². The first kappa shape index (κ1) is 20.8. The molecule has 0 bridgehead atoms. The van der Waals surface area contributed by atoms with Gasteiger partial charge in [-0.25, -0.2) is 17.9 Å². The van der Waals surface area contributed by atoms with Gasteiger partial charge >= 0.3 is 0 Å². The topological polar surface area (TPSA) is 102 Å². The van der Waals surface area contributed by atoms with Gasteiger partial charge in [-0.1, -0.05) is 24.3 Å². The number of primary sulfonamides is 1. The Kier molecular flexibility index (Phi) is 6.14. The molecule has 29 heavy (non-hydrogen) atoms. The zero-order chi connectivity index (χ0) is 21.0. The molecule has 1 atom stereocenters. The Labute approximate surface area is 168 Å². The summed E-state index contributed by atoms with van der Waals surface area (Å²) in [5.74, 6) is 0.387. The van der Waals surface area contributed by atoms with Gasteiger partial charge in [0.05, 0.1) is 16.5 Å². The van der Waals surface area contributed by atoms with Crippen LogP contribution in [0.1, 0.15) is 30.7 Å². The Balaban J connectivity index is 1.59. The Morgan fingerprint density at radius 1 is 1.14 bits per heavy atom. The monoisotopic (exact) mass is 416 g/mol. The molecule has 152 valence electrons. The number of hydrogen-bond donors (Lipinski definition) is 2. The highest BCUT2D eigenvalue weighted by Crippen LogP contribution is 2.25. The highest BCUT2D eigenvalue weighted by Gasteiger charge is 2.15. The molecule has 0 fully saturated rings. The van der Waals surface area contributed by atoms with Crippen LogP contribution in [0.15, 0.2) is 70.0 Å². The molecule has 1 amide bonds. The third-order valence-corrected chi connectivity index (χ3v) is 5.37. The Bertz CT molecular complexity index is 1120. The Morgan fingerprint density at radius 3 is 2.62 bits per heavy atom. The van der Waals surface area contributed by atoms with Gasteiger partial charge < -0.3 is 9.73 Å². The predicted molar refractivity (Wildman–Crippen MR) is 107 cm³/mol. The van der Waals surface area contributed by atoms with Crippen molar-refractivity contribution in [2.75, 3.05) is 0 Å². The number of rotatable bonds is 7. The minimum absolute atomic E-state index is 0.00708. The fourth-order valence-corrected chi connectivity index (χ4v) is 3.48. The van der Waals surface area contributed by atoms with E-state index in [2.05, 4.69) is 5.32 Å². The van der Waals surface area contributed by atoms with Gasteiger partial charge in [0.2, 0.25) is 15.9 Å². The maximum absolute atomic E-state index is 13.8. The van der Waals surface area contributed by atoms with Crippen molar-refractivity contribution in [1.82, 2.24) is 5.32 Å². The van der Waals surface area contributed by atoms with Crippen molar-refractivity contribution < 1.29 is 22.0 Å². The summed E-state index contributed by atoms with van der Waals surface area (Å²) in [7, 11) is -3.81. The van der Waals surface area contributed by atoms with Crippen LogP contribution in [0.4, 0.5) is 4.39 Å². The second kappa shape index (κ2) is 8.59. The molecule has 0 radical (unpaired) electrons. The summed E-state index contributed by atoms with van der Waals surface area (Å²) >= 11 is 0. The van der Waals surface area contributed by atoms with E-state index < -0.39 is 16.1 Å². The molecule has 1 heterocycles. The van der Waals surface area contributed by atoms with E-state index in [9.17, 15) is 17.6 Å². The van der Waals surface area contributed by atoms with Crippen molar-refractivity contribution in [3.8, 4) is 11.3 Å². The van der Waals surface area contributed by atoms with E-state index in [0.29, 0.717) is 29.1 Å². The minimum Gasteiger partial charge on any atom is -0.461 e. The number of nitrogens with one attached hydrogen (secondary N) is 1. The second-order valence-electron chi connectivity index (χ2n) is 6.65. The average molecular weight is 416 g/mol. The van der Waals surface area contributed by atoms with Crippen molar-refractivity contribution in [3.05, 3.63) is 77.8 Å². The van der Waals surface area contributed by atoms with E-state index in [4.69, 9.17) is 9.56 Å². The molecule has 3 N–H and O–H groups in total. The molecule has 0 aliphatic rings. The van der Waals surface area contributed by atoms with Gasteiger partial charge in [0, 0.05) is 12.8 Å². The van der Waals surface area contributed by atoms with Crippen LogP contribution in [-0.4, -0.2) is 14.3 Å². The van der Waals surface area contributed by atoms with Crippen molar-refractivity contribution in [2.24, 2.45) is 5.14 Å². The van der Waals surface area contributed by atoms with Crippen LogP contribution >= 0.6 is 0 Å². The number of nitrogens with two attached hydrogens (primary N) is 1. The predicted octanol–water partition coefficient (Wildman–Crippen LogP) is 3.54. The lowest BCUT2D eigenvalue weighted by Crippen LogP contribution is -2.27. The van der Waals surface area contributed by atoms with Gasteiger partial charge in [0.1, 0.15) is 17.3 Å². The van der Waals surface area contributed by atoms with Crippen LogP contribution in [0.2, 0.25) is 0 Å². The molecule has 0 unspecified atom stereocenters. The molecular weight excluding hydrogens is 395 g/mol. The van der Waals surface area contributed by atoms with Gasteiger partial charge in [-0.15, -0.1) is 0 Å². The minimum atomic E-state index is -3.81. The fraction of sp³-hybridized carbons (Fsp3) is 0.190. The van der Waals surface area contributed by atoms with E-state index >= 15 is 0 Å². The Morgan fingerprint density at radius 2 is 1.90 bits per heavy atom. The lowest BCUT2D eigenvalue weighted by Gasteiger charge is -2.15. The molecule has 0 spiro atoms. The number of hydrogen-bond acceptors (Lipinski definition) is 4.